The molecule has 1 amide bonds. The molecule has 0 saturated heterocycles. The molecule has 1 heterocycles. The van der Waals surface area contributed by atoms with Crippen molar-refractivity contribution >= 4 is 12.0 Å². The van der Waals surface area contributed by atoms with Crippen molar-refractivity contribution in [3.63, 3.8) is 0 Å². The maximum atomic E-state index is 13.1. The third-order valence-corrected chi connectivity index (χ3v) is 2.62. The van der Waals surface area contributed by atoms with Gasteiger partial charge in [-0.3, -0.25) is 10.0 Å². The maximum Gasteiger partial charge on any atom is 0.267 e. The Kier molecular flexibility index (Phi) is 4.10. The molecule has 4 nitrogen and oxygen atoms in total. The van der Waals surface area contributed by atoms with Gasteiger partial charge in [-0.25, -0.2) is 9.87 Å². The van der Waals surface area contributed by atoms with Crippen molar-refractivity contribution in [1.29, 1.82) is 0 Å². The first kappa shape index (κ1) is 13.0. The summed E-state index contributed by atoms with van der Waals surface area (Å²) < 4.78 is 15.0. The van der Waals surface area contributed by atoms with Crippen molar-refractivity contribution in [2.24, 2.45) is 0 Å². The Hall–Kier alpha value is -2.40. The highest BCUT2D eigenvalue weighted by Crippen LogP contribution is 2.10. The van der Waals surface area contributed by atoms with Crippen LogP contribution in [0.1, 0.15) is 11.3 Å². The molecular weight excluding hydrogens is 247 g/mol. The van der Waals surface area contributed by atoms with Crippen LogP contribution in [0.4, 0.5) is 4.39 Å². The number of benzene rings is 1. The number of hydrogen-bond donors (Lipinski definition) is 2. The Labute approximate surface area is 109 Å². The Balaban J connectivity index is 2.16. The highest BCUT2D eigenvalue weighted by Gasteiger charge is 2.01. The van der Waals surface area contributed by atoms with Gasteiger partial charge in [-0.1, -0.05) is 12.1 Å². The number of halogens is 1. The fraction of sp³-hybridized carbons (Fsp3) is 0.0714. The van der Waals surface area contributed by atoms with Gasteiger partial charge in [0.2, 0.25) is 0 Å². The predicted molar refractivity (Wildman–Crippen MR) is 68.9 cm³/mol. The Morgan fingerprint density at radius 1 is 1.37 bits per heavy atom. The zero-order valence-corrected chi connectivity index (χ0v) is 10.1. The van der Waals surface area contributed by atoms with Gasteiger partial charge >= 0.3 is 0 Å². The van der Waals surface area contributed by atoms with Gasteiger partial charge in [0.1, 0.15) is 5.82 Å². The first-order chi connectivity index (χ1) is 9.19. The summed E-state index contributed by atoms with van der Waals surface area (Å²) in [4.78, 5) is 10.9. The summed E-state index contributed by atoms with van der Waals surface area (Å²) in [6, 6.07) is 10.00. The van der Waals surface area contributed by atoms with Gasteiger partial charge in [0.25, 0.3) is 5.91 Å². The molecule has 1 aromatic heterocycles. The lowest BCUT2D eigenvalue weighted by molar-refractivity contribution is -0.124. The summed E-state index contributed by atoms with van der Waals surface area (Å²) in [5.41, 5.74) is 3.14. The van der Waals surface area contributed by atoms with Crippen LogP contribution in [0.25, 0.3) is 6.08 Å². The van der Waals surface area contributed by atoms with Gasteiger partial charge in [-0.15, -0.1) is 0 Å². The average molecular weight is 260 g/mol. The first-order valence-electron chi connectivity index (χ1n) is 5.71. The van der Waals surface area contributed by atoms with Crippen LogP contribution in [0.5, 0.6) is 0 Å². The monoisotopic (exact) mass is 260 g/mol. The molecule has 0 saturated carbocycles. The van der Waals surface area contributed by atoms with Crippen LogP contribution in [0.3, 0.4) is 0 Å². The van der Waals surface area contributed by atoms with Crippen LogP contribution in [0.2, 0.25) is 0 Å². The van der Waals surface area contributed by atoms with Crippen LogP contribution in [0.15, 0.2) is 48.7 Å². The second kappa shape index (κ2) is 5.97. The number of rotatable bonds is 4. The fourth-order valence-electron chi connectivity index (χ4n) is 1.75. The number of amides is 1. The molecule has 0 radical (unpaired) electrons. The highest BCUT2D eigenvalue weighted by atomic mass is 19.1. The molecular formula is C14H13FN2O2. The van der Waals surface area contributed by atoms with E-state index >= 15 is 0 Å². The van der Waals surface area contributed by atoms with Gasteiger partial charge in [0.05, 0.1) is 0 Å². The lowest BCUT2D eigenvalue weighted by atomic mass is 10.2. The molecule has 2 N–H and O–H groups in total. The van der Waals surface area contributed by atoms with E-state index in [1.54, 1.807) is 12.1 Å². The van der Waals surface area contributed by atoms with Crippen molar-refractivity contribution in [3.05, 3.63) is 65.7 Å². The molecule has 0 bridgehead atoms. The molecule has 0 atom stereocenters. The summed E-state index contributed by atoms with van der Waals surface area (Å²) in [6.45, 7) is 0.505. The molecule has 0 aliphatic heterocycles. The lowest BCUT2D eigenvalue weighted by Gasteiger charge is -2.06. The quantitative estimate of drug-likeness (QED) is 0.503. The lowest BCUT2D eigenvalue weighted by Crippen LogP contribution is -2.15. The number of nitrogens with zero attached hydrogens (tertiary/aromatic N) is 1. The minimum atomic E-state index is -0.599. The van der Waals surface area contributed by atoms with Crippen molar-refractivity contribution in [2.45, 2.75) is 6.54 Å². The molecule has 0 unspecified atom stereocenters. The van der Waals surface area contributed by atoms with E-state index in [9.17, 15) is 9.18 Å². The third-order valence-electron chi connectivity index (χ3n) is 2.62. The number of carbonyl (C=O) groups is 1. The Morgan fingerprint density at radius 3 is 2.95 bits per heavy atom. The summed E-state index contributed by atoms with van der Waals surface area (Å²) in [6.07, 6.45) is 4.63. The molecule has 98 valence electrons. The topological polar surface area (TPSA) is 54.3 Å². The summed E-state index contributed by atoms with van der Waals surface area (Å²) >= 11 is 0. The zero-order chi connectivity index (χ0) is 13.7. The van der Waals surface area contributed by atoms with E-state index in [1.165, 1.54) is 23.7 Å². The molecule has 0 aliphatic carbocycles. The van der Waals surface area contributed by atoms with Crippen molar-refractivity contribution in [3.8, 4) is 0 Å². The van der Waals surface area contributed by atoms with Crippen LogP contribution in [-0.4, -0.2) is 15.7 Å². The predicted octanol–water partition coefficient (Wildman–Crippen LogP) is 2.19. The smallest absolute Gasteiger partial charge is 0.267 e. The summed E-state index contributed by atoms with van der Waals surface area (Å²) in [7, 11) is 0. The van der Waals surface area contributed by atoms with E-state index in [0.717, 1.165) is 11.3 Å². The number of hydroxylamine groups is 1. The van der Waals surface area contributed by atoms with E-state index in [0.29, 0.717) is 6.54 Å². The number of aromatic nitrogens is 1. The zero-order valence-electron chi connectivity index (χ0n) is 10.1. The molecule has 2 aromatic rings. The number of carbonyl (C=O) groups excluding carboxylic acids is 1. The van der Waals surface area contributed by atoms with Gasteiger partial charge in [-0.05, 0) is 35.9 Å². The van der Waals surface area contributed by atoms with Crippen LogP contribution < -0.4 is 5.48 Å². The number of nitrogens with one attached hydrogen (secondary N) is 1. The first-order valence-corrected chi connectivity index (χ1v) is 5.71. The van der Waals surface area contributed by atoms with E-state index < -0.39 is 5.91 Å². The second-order valence-electron chi connectivity index (χ2n) is 4.00. The molecule has 2 rings (SSSR count). The van der Waals surface area contributed by atoms with Crippen molar-refractivity contribution in [2.75, 3.05) is 0 Å². The molecule has 0 spiro atoms. The molecule has 0 aliphatic rings. The second-order valence-corrected chi connectivity index (χ2v) is 4.00. The van der Waals surface area contributed by atoms with E-state index in [2.05, 4.69) is 0 Å². The standard InChI is InChI=1S/C14H13FN2O2/c15-12-4-1-3-11(9-12)10-17-8-2-5-13(17)6-7-14(18)16-19/h1-9,19H,10H2,(H,16,18). The third kappa shape index (κ3) is 3.53. The van der Waals surface area contributed by atoms with E-state index in [1.807, 2.05) is 29.0 Å². The van der Waals surface area contributed by atoms with Crippen LogP contribution in [-0.2, 0) is 11.3 Å². The average Bonchev–Trinajstić information content (AvgIpc) is 2.83. The number of hydrogen-bond acceptors (Lipinski definition) is 2. The SMILES string of the molecule is O=C(C=Cc1cccn1Cc1cccc(F)c1)NO. The highest BCUT2D eigenvalue weighted by molar-refractivity contribution is 5.90. The summed E-state index contributed by atoms with van der Waals surface area (Å²) in [5.74, 6) is -0.875. The Morgan fingerprint density at radius 2 is 2.21 bits per heavy atom. The normalized spacial score (nSPS) is 10.8. The van der Waals surface area contributed by atoms with Gasteiger partial charge in [-0.2, -0.15) is 0 Å². The van der Waals surface area contributed by atoms with Gasteiger partial charge in [0, 0.05) is 24.5 Å². The van der Waals surface area contributed by atoms with Crippen molar-refractivity contribution < 1.29 is 14.4 Å². The summed E-state index contributed by atoms with van der Waals surface area (Å²) in [5, 5.41) is 8.40. The maximum absolute atomic E-state index is 13.1. The minimum Gasteiger partial charge on any atom is -0.344 e. The largest absolute Gasteiger partial charge is 0.344 e. The van der Waals surface area contributed by atoms with Gasteiger partial charge in [0.15, 0.2) is 0 Å². The van der Waals surface area contributed by atoms with E-state index in [-0.39, 0.29) is 5.82 Å². The molecule has 5 heteroatoms. The van der Waals surface area contributed by atoms with Crippen LogP contribution in [0, 0.1) is 5.82 Å². The van der Waals surface area contributed by atoms with E-state index in [4.69, 9.17) is 5.21 Å². The van der Waals surface area contributed by atoms with Crippen LogP contribution >= 0.6 is 0 Å². The van der Waals surface area contributed by atoms with Crippen molar-refractivity contribution in [1.82, 2.24) is 10.0 Å². The van der Waals surface area contributed by atoms with Gasteiger partial charge < -0.3 is 4.57 Å². The minimum absolute atomic E-state index is 0.276. The Bertz CT molecular complexity index is 605. The molecule has 19 heavy (non-hydrogen) atoms. The fourth-order valence-corrected chi connectivity index (χ4v) is 1.75. The molecule has 1 aromatic carbocycles. The molecule has 0 fully saturated rings.